The van der Waals surface area contributed by atoms with Crippen molar-refractivity contribution in [3.05, 3.63) is 11.8 Å². The number of hydrogen-bond donors (Lipinski definition) is 2. The highest BCUT2D eigenvalue weighted by molar-refractivity contribution is 7.92. The second-order valence-corrected chi connectivity index (χ2v) is 4.90. The van der Waals surface area contributed by atoms with Crippen molar-refractivity contribution in [2.24, 2.45) is 0 Å². The van der Waals surface area contributed by atoms with Gasteiger partial charge in [-0.25, -0.2) is 8.42 Å². The largest absolute Gasteiger partial charge is 0.381 e. The number of ether oxygens (including phenoxy) is 1. The topological polar surface area (TPSA) is 84.1 Å². The Hall–Kier alpha value is -1.08. The number of nitrogens with zero attached hydrogens (tertiary/aromatic N) is 1. The van der Waals surface area contributed by atoms with E-state index in [1.807, 2.05) is 6.92 Å². The van der Waals surface area contributed by atoms with E-state index in [0.29, 0.717) is 12.4 Å². The third-order valence-electron chi connectivity index (χ3n) is 1.67. The fourth-order valence-corrected chi connectivity index (χ4v) is 1.86. The molecule has 0 aromatic carbocycles. The first kappa shape index (κ1) is 12.0. The second kappa shape index (κ2) is 5.13. The Bertz CT molecular complexity index is 399. The van der Waals surface area contributed by atoms with Gasteiger partial charge in [0.2, 0.25) is 10.0 Å². The molecule has 0 aliphatic heterocycles. The monoisotopic (exact) mass is 233 g/mol. The van der Waals surface area contributed by atoms with Crippen LogP contribution >= 0.6 is 0 Å². The normalized spacial score (nSPS) is 11.6. The zero-order valence-corrected chi connectivity index (χ0v) is 9.60. The average molecular weight is 233 g/mol. The predicted octanol–water partition coefficient (Wildman–Crippen LogP) is 0.496. The number of aromatic nitrogens is 2. The third kappa shape index (κ3) is 4.30. The van der Waals surface area contributed by atoms with Crippen LogP contribution in [0.4, 0.5) is 5.82 Å². The lowest BCUT2D eigenvalue weighted by molar-refractivity contribution is 0.163. The SMILES string of the molecule is CCOCCS(=O)(=O)Nc1cc(C)[nH]n1. The van der Waals surface area contributed by atoms with Crippen molar-refractivity contribution in [2.45, 2.75) is 13.8 Å². The summed E-state index contributed by atoms with van der Waals surface area (Å²) in [5, 5.41) is 6.42. The minimum Gasteiger partial charge on any atom is -0.381 e. The van der Waals surface area contributed by atoms with Gasteiger partial charge in [0.25, 0.3) is 0 Å². The molecule has 0 fully saturated rings. The molecule has 1 heterocycles. The Labute approximate surface area is 89.1 Å². The van der Waals surface area contributed by atoms with Crippen molar-refractivity contribution in [1.29, 1.82) is 0 Å². The van der Waals surface area contributed by atoms with Crippen LogP contribution in [-0.2, 0) is 14.8 Å². The van der Waals surface area contributed by atoms with Crippen LogP contribution in [0.2, 0.25) is 0 Å². The molecular formula is C8H15N3O3S. The number of nitrogens with one attached hydrogen (secondary N) is 2. The lowest BCUT2D eigenvalue weighted by Gasteiger charge is -2.04. The summed E-state index contributed by atoms with van der Waals surface area (Å²) in [6, 6.07) is 1.62. The van der Waals surface area contributed by atoms with Crippen LogP contribution in [0.25, 0.3) is 0 Å². The van der Waals surface area contributed by atoms with Gasteiger partial charge in [-0.05, 0) is 13.8 Å². The number of rotatable bonds is 6. The Morgan fingerprint density at radius 2 is 2.33 bits per heavy atom. The van der Waals surface area contributed by atoms with E-state index in [9.17, 15) is 8.42 Å². The number of aryl methyl sites for hydroxylation is 1. The van der Waals surface area contributed by atoms with Crippen molar-refractivity contribution in [1.82, 2.24) is 10.2 Å². The Kier molecular flexibility index (Phi) is 4.10. The highest BCUT2D eigenvalue weighted by Gasteiger charge is 2.11. The molecule has 6 nitrogen and oxygen atoms in total. The molecule has 0 unspecified atom stereocenters. The first-order chi connectivity index (χ1) is 7.03. The van der Waals surface area contributed by atoms with Gasteiger partial charge in [-0.15, -0.1) is 0 Å². The summed E-state index contributed by atoms with van der Waals surface area (Å²) >= 11 is 0. The Balaban J connectivity index is 2.49. The van der Waals surface area contributed by atoms with E-state index >= 15 is 0 Å². The fourth-order valence-electron chi connectivity index (χ4n) is 0.994. The molecule has 7 heteroatoms. The van der Waals surface area contributed by atoms with Crippen molar-refractivity contribution in [3.8, 4) is 0 Å². The quantitative estimate of drug-likeness (QED) is 0.701. The number of aromatic amines is 1. The molecule has 0 saturated heterocycles. The minimum atomic E-state index is -3.35. The van der Waals surface area contributed by atoms with Crippen molar-refractivity contribution >= 4 is 15.8 Å². The maximum absolute atomic E-state index is 11.4. The van der Waals surface area contributed by atoms with Gasteiger partial charge in [-0.1, -0.05) is 0 Å². The third-order valence-corrected chi connectivity index (χ3v) is 2.89. The highest BCUT2D eigenvalue weighted by Crippen LogP contribution is 2.06. The number of H-pyrrole nitrogens is 1. The minimum absolute atomic E-state index is 0.0628. The second-order valence-electron chi connectivity index (χ2n) is 3.05. The highest BCUT2D eigenvalue weighted by atomic mass is 32.2. The van der Waals surface area contributed by atoms with Gasteiger partial charge in [0.1, 0.15) is 0 Å². The van der Waals surface area contributed by atoms with Gasteiger partial charge < -0.3 is 4.74 Å². The number of hydrogen-bond acceptors (Lipinski definition) is 4. The summed E-state index contributed by atoms with van der Waals surface area (Å²) in [7, 11) is -3.35. The average Bonchev–Trinajstić information content (AvgIpc) is 2.50. The van der Waals surface area contributed by atoms with E-state index in [2.05, 4.69) is 14.9 Å². The first-order valence-electron chi connectivity index (χ1n) is 4.64. The van der Waals surface area contributed by atoms with Crippen molar-refractivity contribution < 1.29 is 13.2 Å². The van der Waals surface area contributed by atoms with Crippen LogP contribution in [0.5, 0.6) is 0 Å². The molecule has 0 aliphatic rings. The Morgan fingerprint density at radius 3 is 2.87 bits per heavy atom. The summed E-state index contributed by atoms with van der Waals surface area (Å²) < 4.78 is 30.2. The van der Waals surface area contributed by atoms with Crippen LogP contribution in [-0.4, -0.2) is 37.6 Å². The molecule has 0 aliphatic carbocycles. The molecule has 15 heavy (non-hydrogen) atoms. The van der Waals surface area contributed by atoms with Gasteiger partial charge >= 0.3 is 0 Å². The van der Waals surface area contributed by atoms with Gasteiger partial charge in [0.15, 0.2) is 5.82 Å². The molecule has 0 saturated carbocycles. The molecule has 1 aromatic rings. The van der Waals surface area contributed by atoms with Crippen LogP contribution in [0, 0.1) is 6.92 Å². The Morgan fingerprint density at radius 1 is 1.60 bits per heavy atom. The van der Waals surface area contributed by atoms with Gasteiger partial charge in [-0.2, -0.15) is 5.10 Å². The molecule has 2 N–H and O–H groups in total. The molecule has 0 spiro atoms. The fraction of sp³-hybridized carbons (Fsp3) is 0.625. The van der Waals surface area contributed by atoms with E-state index in [-0.39, 0.29) is 12.4 Å². The van der Waals surface area contributed by atoms with Gasteiger partial charge in [0, 0.05) is 18.4 Å². The van der Waals surface area contributed by atoms with Gasteiger partial charge in [0.05, 0.1) is 12.4 Å². The zero-order valence-electron chi connectivity index (χ0n) is 8.78. The predicted molar refractivity (Wildman–Crippen MR) is 57.2 cm³/mol. The maximum atomic E-state index is 11.4. The molecular weight excluding hydrogens is 218 g/mol. The number of anilines is 1. The summed E-state index contributed by atoms with van der Waals surface area (Å²) in [6.07, 6.45) is 0. The van der Waals surface area contributed by atoms with E-state index in [1.54, 1.807) is 13.0 Å². The van der Waals surface area contributed by atoms with E-state index in [4.69, 9.17) is 4.74 Å². The summed E-state index contributed by atoms with van der Waals surface area (Å²) in [6.45, 7) is 4.31. The van der Waals surface area contributed by atoms with Crippen LogP contribution in [0.3, 0.4) is 0 Å². The standard InChI is InChI=1S/C8H15N3O3S/c1-3-14-4-5-15(12,13)11-8-6-7(2)9-10-8/h6H,3-5H2,1-2H3,(H2,9,10,11). The summed E-state index contributed by atoms with van der Waals surface area (Å²) in [4.78, 5) is 0. The molecule has 1 aromatic heterocycles. The van der Waals surface area contributed by atoms with Crippen LogP contribution in [0.15, 0.2) is 6.07 Å². The van der Waals surface area contributed by atoms with Crippen molar-refractivity contribution in [2.75, 3.05) is 23.7 Å². The molecule has 86 valence electrons. The molecule has 0 bridgehead atoms. The smallest absolute Gasteiger partial charge is 0.236 e. The summed E-state index contributed by atoms with van der Waals surface area (Å²) in [5.41, 5.74) is 0.803. The molecule has 0 atom stereocenters. The van der Waals surface area contributed by atoms with Gasteiger partial charge in [-0.3, -0.25) is 9.82 Å². The lowest BCUT2D eigenvalue weighted by atomic mass is 10.5. The maximum Gasteiger partial charge on any atom is 0.236 e. The lowest BCUT2D eigenvalue weighted by Crippen LogP contribution is -2.20. The molecule has 0 radical (unpaired) electrons. The van der Waals surface area contributed by atoms with E-state index < -0.39 is 10.0 Å². The van der Waals surface area contributed by atoms with Crippen LogP contribution < -0.4 is 4.72 Å². The molecule has 1 rings (SSSR count). The number of sulfonamides is 1. The van der Waals surface area contributed by atoms with E-state index in [0.717, 1.165) is 5.69 Å². The zero-order chi connectivity index (χ0) is 11.3. The van der Waals surface area contributed by atoms with E-state index in [1.165, 1.54) is 0 Å². The van der Waals surface area contributed by atoms with Crippen molar-refractivity contribution in [3.63, 3.8) is 0 Å². The molecule has 0 amide bonds. The first-order valence-corrected chi connectivity index (χ1v) is 6.29. The summed E-state index contributed by atoms with van der Waals surface area (Å²) in [5.74, 6) is 0.247. The van der Waals surface area contributed by atoms with Crippen LogP contribution in [0.1, 0.15) is 12.6 Å².